The molecular formula is C9H12N2O2. The molecule has 1 rings (SSSR count). The van der Waals surface area contributed by atoms with Crippen LogP contribution in [0.25, 0.3) is 0 Å². The Morgan fingerprint density at radius 2 is 2.00 bits per heavy atom. The lowest BCUT2D eigenvalue weighted by atomic mass is 10.1. The third-order valence-corrected chi connectivity index (χ3v) is 1.73. The molecule has 13 heavy (non-hydrogen) atoms. The molecule has 0 radical (unpaired) electrons. The summed E-state index contributed by atoms with van der Waals surface area (Å²) in [7, 11) is 1.57. The summed E-state index contributed by atoms with van der Waals surface area (Å²) >= 11 is 0. The number of methoxy groups -OCH3 is 1. The predicted octanol–water partition coefficient (Wildman–Crippen LogP) is 0.665. The van der Waals surface area contributed by atoms with E-state index in [4.69, 9.17) is 15.9 Å². The maximum Gasteiger partial charge on any atom is 0.135 e. The van der Waals surface area contributed by atoms with Gasteiger partial charge >= 0.3 is 0 Å². The van der Waals surface area contributed by atoms with Gasteiger partial charge in [-0.3, -0.25) is 5.41 Å². The second kappa shape index (κ2) is 3.91. The molecule has 0 bridgehead atoms. The lowest BCUT2D eigenvalue weighted by Gasteiger charge is -2.08. The van der Waals surface area contributed by atoms with E-state index in [1.54, 1.807) is 31.4 Å². The van der Waals surface area contributed by atoms with Gasteiger partial charge < -0.3 is 15.6 Å². The molecule has 0 aromatic heterocycles. The molecule has 4 N–H and O–H groups in total. The quantitative estimate of drug-likeness (QED) is 0.472. The van der Waals surface area contributed by atoms with Gasteiger partial charge in [-0.05, 0) is 17.7 Å². The largest absolute Gasteiger partial charge is 0.497 e. The molecule has 0 amide bonds. The van der Waals surface area contributed by atoms with Gasteiger partial charge in [-0.25, -0.2) is 0 Å². The Balaban J connectivity index is 2.85. The van der Waals surface area contributed by atoms with Crippen molar-refractivity contribution in [1.29, 1.82) is 5.41 Å². The predicted molar refractivity (Wildman–Crippen MR) is 49.9 cm³/mol. The zero-order valence-corrected chi connectivity index (χ0v) is 7.32. The van der Waals surface area contributed by atoms with Crippen LogP contribution >= 0.6 is 0 Å². The molecule has 4 nitrogen and oxygen atoms in total. The minimum Gasteiger partial charge on any atom is -0.497 e. The van der Waals surface area contributed by atoms with E-state index in [2.05, 4.69) is 0 Å². The zero-order chi connectivity index (χ0) is 9.84. The number of hydrogen-bond acceptors (Lipinski definition) is 3. The molecule has 0 saturated heterocycles. The fourth-order valence-electron chi connectivity index (χ4n) is 0.966. The smallest absolute Gasteiger partial charge is 0.135 e. The Kier molecular flexibility index (Phi) is 2.87. The number of rotatable bonds is 3. The second-order valence-corrected chi connectivity index (χ2v) is 2.63. The van der Waals surface area contributed by atoms with Crippen molar-refractivity contribution in [2.45, 2.75) is 6.10 Å². The number of nitrogens with one attached hydrogen (secondary N) is 1. The van der Waals surface area contributed by atoms with Crippen LogP contribution in [0.5, 0.6) is 5.75 Å². The normalized spacial score (nSPS) is 12.2. The van der Waals surface area contributed by atoms with Gasteiger partial charge in [0.05, 0.1) is 7.11 Å². The van der Waals surface area contributed by atoms with Crippen molar-refractivity contribution in [1.82, 2.24) is 0 Å². The number of amidine groups is 1. The Bertz CT molecular complexity index is 295. The fraction of sp³-hybridized carbons (Fsp3) is 0.222. The zero-order valence-electron chi connectivity index (χ0n) is 7.32. The average molecular weight is 180 g/mol. The van der Waals surface area contributed by atoms with Crippen LogP contribution in [0.2, 0.25) is 0 Å². The van der Waals surface area contributed by atoms with Crippen LogP contribution in [-0.2, 0) is 0 Å². The van der Waals surface area contributed by atoms with Crippen molar-refractivity contribution in [2.24, 2.45) is 5.73 Å². The number of aliphatic hydroxyl groups excluding tert-OH is 1. The highest BCUT2D eigenvalue weighted by Crippen LogP contribution is 2.16. The van der Waals surface area contributed by atoms with E-state index in [1.165, 1.54) is 0 Å². The van der Waals surface area contributed by atoms with Crippen LogP contribution in [0.1, 0.15) is 11.7 Å². The van der Waals surface area contributed by atoms with Crippen LogP contribution in [0.4, 0.5) is 0 Å². The number of hydrogen-bond donors (Lipinski definition) is 3. The van der Waals surface area contributed by atoms with Gasteiger partial charge in [-0.15, -0.1) is 0 Å². The van der Waals surface area contributed by atoms with E-state index in [0.29, 0.717) is 11.3 Å². The summed E-state index contributed by atoms with van der Waals surface area (Å²) < 4.78 is 4.94. The SMILES string of the molecule is COc1ccc([C@H](O)C(=N)N)cc1. The topological polar surface area (TPSA) is 79.3 Å². The van der Waals surface area contributed by atoms with Crippen LogP contribution < -0.4 is 10.5 Å². The van der Waals surface area contributed by atoms with Crippen molar-refractivity contribution in [3.8, 4) is 5.75 Å². The molecule has 1 aromatic rings. The van der Waals surface area contributed by atoms with E-state index >= 15 is 0 Å². The van der Waals surface area contributed by atoms with Crippen LogP contribution in [-0.4, -0.2) is 18.1 Å². The van der Waals surface area contributed by atoms with Crippen molar-refractivity contribution in [3.05, 3.63) is 29.8 Å². The summed E-state index contributed by atoms with van der Waals surface area (Å²) in [6.07, 6.45) is -1.02. The van der Waals surface area contributed by atoms with Gasteiger partial charge in [-0.1, -0.05) is 12.1 Å². The van der Waals surface area contributed by atoms with Gasteiger partial charge in [0.2, 0.25) is 0 Å². The maximum absolute atomic E-state index is 9.37. The van der Waals surface area contributed by atoms with Crippen LogP contribution in [0.3, 0.4) is 0 Å². The second-order valence-electron chi connectivity index (χ2n) is 2.63. The minimum absolute atomic E-state index is 0.259. The van der Waals surface area contributed by atoms with E-state index in [9.17, 15) is 5.11 Å². The lowest BCUT2D eigenvalue weighted by Crippen LogP contribution is -2.19. The van der Waals surface area contributed by atoms with Crippen molar-refractivity contribution < 1.29 is 9.84 Å². The molecule has 70 valence electrons. The van der Waals surface area contributed by atoms with E-state index in [-0.39, 0.29) is 5.84 Å². The van der Waals surface area contributed by atoms with E-state index in [0.717, 1.165) is 0 Å². The Hall–Kier alpha value is -1.55. The molecular weight excluding hydrogens is 168 g/mol. The molecule has 0 unspecified atom stereocenters. The standard InChI is InChI=1S/C9H12N2O2/c1-13-7-4-2-6(3-5-7)8(12)9(10)11/h2-5,8,12H,1H3,(H3,10,11)/t8-/m0/s1. The van der Waals surface area contributed by atoms with Gasteiger partial charge in [0.1, 0.15) is 17.7 Å². The van der Waals surface area contributed by atoms with E-state index in [1.807, 2.05) is 0 Å². The van der Waals surface area contributed by atoms with Crippen LogP contribution in [0, 0.1) is 5.41 Å². The molecule has 0 aliphatic carbocycles. The van der Waals surface area contributed by atoms with Crippen molar-refractivity contribution in [2.75, 3.05) is 7.11 Å². The first kappa shape index (κ1) is 9.54. The highest BCUT2D eigenvalue weighted by atomic mass is 16.5. The van der Waals surface area contributed by atoms with Gasteiger partial charge in [0.25, 0.3) is 0 Å². The lowest BCUT2D eigenvalue weighted by molar-refractivity contribution is 0.245. The molecule has 1 atom stereocenters. The Labute approximate surface area is 76.5 Å². The summed E-state index contributed by atoms with van der Waals surface area (Å²) in [5.74, 6) is 0.449. The molecule has 0 aliphatic heterocycles. The summed E-state index contributed by atoms with van der Waals surface area (Å²) in [6, 6.07) is 6.76. The van der Waals surface area contributed by atoms with Crippen molar-refractivity contribution in [3.63, 3.8) is 0 Å². The minimum atomic E-state index is -1.02. The molecule has 4 heteroatoms. The molecule has 0 heterocycles. The Morgan fingerprint density at radius 3 is 2.38 bits per heavy atom. The highest BCUT2D eigenvalue weighted by Gasteiger charge is 2.09. The number of nitrogens with two attached hydrogens (primary N) is 1. The number of benzene rings is 1. The summed E-state index contributed by atoms with van der Waals surface area (Å²) in [4.78, 5) is 0. The summed E-state index contributed by atoms with van der Waals surface area (Å²) in [6.45, 7) is 0. The Morgan fingerprint density at radius 1 is 1.46 bits per heavy atom. The third-order valence-electron chi connectivity index (χ3n) is 1.73. The van der Waals surface area contributed by atoms with Gasteiger partial charge in [-0.2, -0.15) is 0 Å². The fourth-order valence-corrected chi connectivity index (χ4v) is 0.966. The van der Waals surface area contributed by atoms with Gasteiger partial charge in [0, 0.05) is 0 Å². The summed E-state index contributed by atoms with van der Waals surface area (Å²) in [5, 5.41) is 16.4. The van der Waals surface area contributed by atoms with Crippen molar-refractivity contribution >= 4 is 5.84 Å². The molecule has 1 aromatic carbocycles. The monoisotopic (exact) mass is 180 g/mol. The molecule has 0 aliphatic rings. The molecule has 0 fully saturated rings. The number of aliphatic hydroxyl groups is 1. The highest BCUT2D eigenvalue weighted by molar-refractivity contribution is 5.82. The first-order chi connectivity index (χ1) is 6.15. The number of ether oxygens (including phenoxy) is 1. The maximum atomic E-state index is 9.37. The third kappa shape index (κ3) is 2.19. The summed E-state index contributed by atoms with van der Waals surface area (Å²) in [5.41, 5.74) is 5.73. The molecule has 0 spiro atoms. The van der Waals surface area contributed by atoms with E-state index < -0.39 is 6.10 Å². The average Bonchev–Trinajstić information content (AvgIpc) is 2.17. The first-order valence-corrected chi connectivity index (χ1v) is 3.81. The molecule has 0 saturated carbocycles. The van der Waals surface area contributed by atoms with Gasteiger partial charge in [0.15, 0.2) is 0 Å². The van der Waals surface area contributed by atoms with Crippen LogP contribution in [0.15, 0.2) is 24.3 Å². The first-order valence-electron chi connectivity index (χ1n) is 3.81.